The summed E-state index contributed by atoms with van der Waals surface area (Å²) in [5.74, 6) is -0.878. The molecule has 0 radical (unpaired) electrons. The van der Waals surface area contributed by atoms with Crippen LogP contribution in [0.25, 0.3) is 0 Å². The van der Waals surface area contributed by atoms with E-state index in [0.717, 1.165) is 6.54 Å². The fourth-order valence-electron chi connectivity index (χ4n) is 2.41. The zero-order chi connectivity index (χ0) is 14.0. The Morgan fingerprint density at radius 3 is 2.79 bits per heavy atom. The van der Waals surface area contributed by atoms with Crippen molar-refractivity contribution in [3.05, 3.63) is 34.9 Å². The maximum Gasteiger partial charge on any atom is 0.334 e. The van der Waals surface area contributed by atoms with Gasteiger partial charge in [0.15, 0.2) is 6.10 Å². The van der Waals surface area contributed by atoms with Gasteiger partial charge in [0.2, 0.25) is 0 Å². The molecular weight excluding hydrogens is 242 g/mol. The summed E-state index contributed by atoms with van der Waals surface area (Å²) in [5.41, 5.74) is 3.78. The summed E-state index contributed by atoms with van der Waals surface area (Å²) in [6.07, 6.45) is -0.706. The Morgan fingerprint density at radius 1 is 1.42 bits per heavy atom. The first-order chi connectivity index (χ1) is 8.99. The highest BCUT2D eigenvalue weighted by Gasteiger charge is 2.29. The molecule has 1 N–H and O–H groups in total. The molecule has 2 unspecified atom stereocenters. The van der Waals surface area contributed by atoms with Crippen molar-refractivity contribution in [3.63, 3.8) is 0 Å². The van der Waals surface area contributed by atoms with E-state index < -0.39 is 12.1 Å². The first-order valence-corrected chi connectivity index (χ1v) is 6.64. The summed E-state index contributed by atoms with van der Waals surface area (Å²) in [7, 11) is 0. The largest absolute Gasteiger partial charge is 0.479 e. The quantitative estimate of drug-likeness (QED) is 0.908. The number of carboxylic acids is 1. The van der Waals surface area contributed by atoms with Crippen LogP contribution in [0.3, 0.4) is 0 Å². The molecule has 0 saturated carbocycles. The smallest absolute Gasteiger partial charge is 0.334 e. The molecule has 104 valence electrons. The molecule has 0 spiro atoms. The number of carboxylic acid groups (broad SMARTS) is 1. The van der Waals surface area contributed by atoms with Gasteiger partial charge in [0, 0.05) is 19.1 Å². The van der Waals surface area contributed by atoms with Gasteiger partial charge < -0.3 is 9.84 Å². The average Bonchev–Trinajstić information content (AvgIpc) is 2.41. The van der Waals surface area contributed by atoms with Gasteiger partial charge in [0.1, 0.15) is 0 Å². The zero-order valence-corrected chi connectivity index (χ0v) is 11.7. The molecule has 1 heterocycles. The molecule has 1 aromatic rings. The lowest BCUT2D eigenvalue weighted by atomic mass is 10.0. The van der Waals surface area contributed by atoms with Crippen molar-refractivity contribution < 1.29 is 14.6 Å². The van der Waals surface area contributed by atoms with Crippen molar-refractivity contribution in [1.82, 2.24) is 4.90 Å². The van der Waals surface area contributed by atoms with E-state index in [0.29, 0.717) is 13.2 Å². The molecule has 1 saturated heterocycles. The number of aryl methyl sites for hydroxylation is 2. The van der Waals surface area contributed by atoms with Gasteiger partial charge in [0.25, 0.3) is 0 Å². The number of benzene rings is 1. The lowest BCUT2D eigenvalue weighted by Crippen LogP contribution is -2.46. The Bertz CT molecular complexity index is 472. The Labute approximate surface area is 114 Å². The Balaban J connectivity index is 2.12. The minimum Gasteiger partial charge on any atom is -0.479 e. The molecule has 19 heavy (non-hydrogen) atoms. The van der Waals surface area contributed by atoms with Gasteiger partial charge in [-0.15, -0.1) is 0 Å². The van der Waals surface area contributed by atoms with E-state index in [-0.39, 0.29) is 6.04 Å². The van der Waals surface area contributed by atoms with Crippen molar-refractivity contribution in [1.29, 1.82) is 0 Å². The van der Waals surface area contributed by atoms with E-state index in [9.17, 15) is 4.79 Å². The molecular formula is C15H21NO3. The molecule has 4 nitrogen and oxygen atoms in total. The van der Waals surface area contributed by atoms with Crippen molar-refractivity contribution >= 4 is 5.97 Å². The summed E-state index contributed by atoms with van der Waals surface area (Å²) in [4.78, 5) is 13.2. The van der Waals surface area contributed by atoms with Crippen LogP contribution in [-0.4, -0.2) is 41.8 Å². The topological polar surface area (TPSA) is 49.8 Å². The summed E-state index contributed by atoms with van der Waals surface area (Å²) in [5, 5.41) is 9.04. The highest BCUT2D eigenvalue weighted by molar-refractivity contribution is 5.72. The van der Waals surface area contributed by atoms with E-state index in [1.165, 1.54) is 16.7 Å². The van der Waals surface area contributed by atoms with E-state index >= 15 is 0 Å². The minimum atomic E-state index is -0.878. The highest BCUT2D eigenvalue weighted by Crippen LogP contribution is 2.24. The Hall–Kier alpha value is -1.39. The molecule has 1 aromatic carbocycles. The third kappa shape index (κ3) is 3.14. The molecule has 4 heteroatoms. The molecule has 2 atom stereocenters. The first kappa shape index (κ1) is 14.0. The Kier molecular flexibility index (Phi) is 4.22. The first-order valence-electron chi connectivity index (χ1n) is 6.64. The van der Waals surface area contributed by atoms with E-state index in [4.69, 9.17) is 9.84 Å². The molecule has 0 bridgehead atoms. The number of hydrogen-bond acceptors (Lipinski definition) is 3. The van der Waals surface area contributed by atoms with Gasteiger partial charge in [-0.1, -0.05) is 18.2 Å². The van der Waals surface area contributed by atoms with Crippen LogP contribution in [0, 0.1) is 13.8 Å². The standard InChI is InChI=1S/C15H21NO3/c1-10-4-5-13(8-11(10)2)12(3)16-6-7-19-14(9-16)15(17)18/h4-5,8,12,14H,6-7,9H2,1-3H3,(H,17,18). The summed E-state index contributed by atoms with van der Waals surface area (Å²) >= 11 is 0. The third-order valence-corrected chi connectivity index (χ3v) is 3.93. The zero-order valence-electron chi connectivity index (χ0n) is 11.7. The SMILES string of the molecule is Cc1ccc(C(C)N2CCOC(C(=O)O)C2)cc1C. The second-order valence-electron chi connectivity index (χ2n) is 5.21. The molecule has 1 fully saturated rings. The maximum absolute atomic E-state index is 11.0. The number of carbonyl (C=O) groups is 1. The lowest BCUT2D eigenvalue weighted by Gasteiger charge is -2.35. The second kappa shape index (κ2) is 5.72. The normalized spacial score (nSPS) is 22.2. The van der Waals surface area contributed by atoms with Gasteiger partial charge in [-0.2, -0.15) is 0 Å². The molecule has 0 aliphatic carbocycles. The molecule has 0 amide bonds. The molecule has 0 aromatic heterocycles. The van der Waals surface area contributed by atoms with Crippen molar-refractivity contribution in [2.45, 2.75) is 32.9 Å². The number of rotatable bonds is 3. The van der Waals surface area contributed by atoms with Gasteiger partial charge in [-0.05, 0) is 37.5 Å². The maximum atomic E-state index is 11.0. The molecule has 1 aliphatic rings. The molecule has 1 aliphatic heterocycles. The average molecular weight is 263 g/mol. The third-order valence-electron chi connectivity index (χ3n) is 3.93. The van der Waals surface area contributed by atoms with E-state index in [2.05, 4.69) is 43.9 Å². The minimum absolute atomic E-state index is 0.213. The number of morpholine rings is 1. The van der Waals surface area contributed by atoms with Crippen LogP contribution < -0.4 is 0 Å². The van der Waals surface area contributed by atoms with E-state index in [1.54, 1.807) is 0 Å². The van der Waals surface area contributed by atoms with Gasteiger partial charge >= 0.3 is 5.97 Å². The summed E-state index contributed by atoms with van der Waals surface area (Å²) in [6.45, 7) is 8.02. The van der Waals surface area contributed by atoms with Crippen molar-refractivity contribution in [3.8, 4) is 0 Å². The van der Waals surface area contributed by atoms with Crippen molar-refractivity contribution in [2.24, 2.45) is 0 Å². The number of hydrogen-bond donors (Lipinski definition) is 1. The second-order valence-corrected chi connectivity index (χ2v) is 5.21. The number of ether oxygens (including phenoxy) is 1. The predicted octanol–water partition coefficient (Wildman–Crippen LogP) is 2.15. The fraction of sp³-hybridized carbons (Fsp3) is 0.533. The van der Waals surface area contributed by atoms with Gasteiger partial charge in [-0.3, -0.25) is 4.90 Å². The number of nitrogens with zero attached hydrogens (tertiary/aromatic N) is 1. The summed E-state index contributed by atoms with van der Waals surface area (Å²) < 4.78 is 5.26. The monoisotopic (exact) mass is 263 g/mol. The van der Waals surface area contributed by atoms with Crippen LogP contribution in [-0.2, 0) is 9.53 Å². The van der Waals surface area contributed by atoms with Crippen LogP contribution in [0.4, 0.5) is 0 Å². The van der Waals surface area contributed by atoms with Crippen LogP contribution in [0.1, 0.15) is 29.7 Å². The van der Waals surface area contributed by atoms with Crippen LogP contribution in [0.2, 0.25) is 0 Å². The van der Waals surface area contributed by atoms with Gasteiger partial charge in [-0.25, -0.2) is 4.79 Å². The van der Waals surface area contributed by atoms with Gasteiger partial charge in [0.05, 0.1) is 6.61 Å². The van der Waals surface area contributed by atoms with Crippen molar-refractivity contribution in [2.75, 3.05) is 19.7 Å². The predicted molar refractivity (Wildman–Crippen MR) is 73.3 cm³/mol. The fourth-order valence-corrected chi connectivity index (χ4v) is 2.41. The van der Waals surface area contributed by atoms with Crippen LogP contribution in [0.5, 0.6) is 0 Å². The lowest BCUT2D eigenvalue weighted by molar-refractivity contribution is -0.157. The van der Waals surface area contributed by atoms with Crippen LogP contribution in [0.15, 0.2) is 18.2 Å². The van der Waals surface area contributed by atoms with E-state index in [1.807, 2.05) is 0 Å². The Morgan fingerprint density at radius 2 is 2.16 bits per heavy atom. The highest BCUT2D eigenvalue weighted by atomic mass is 16.5. The van der Waals surface area contributed by atoms with Crippen LogP contribution >= 0.6 is 0 Å². The summed E-state index contributed by atoms with van der Waals surface area (Å²) in [6, 6.07) is 6.64. The molecule has 2 rings (SSSR count). The number of aliphatic carboxylic acids is 1.